The SMILES string of the molecule is CS(=O)(=O)CCC(=O)NC[C@@H]1C[C@H](F)CN1Cc1cccs1. The first-order valence-corrected chi connectivity index (χ1v) is 10.1. The summed E-state index contributed by atoms with van der Waals surface area (Å²) < 4.78 is 35.7. The Morgan fingerprint density at radius 3 is 2.95 bits per heavy atom. The lowest BCUT2D eigenvalue weighted by atomic mass is 10.2. The molecule has 1 N–H and O–H groups in total. The van der Waals surface area contributed by atoms with E-state index >= 15 is 0 Å². The van der Waals surface area contributed by atoms with Crippen molar-refractivity contribution in [1.82, 2.24) is 10.2 Å². The number of nitrogens with zero attached hydrogens (tertiary/aromatic N) is 1. The van der Waals surface area contributed by atoms with Gasteiger partial charge in [0.05, 0.1) is 5.75 Å². The number of rotatable bonds is 7. The Morgan fingerprint density at radius 1 is 1.55 bits per heavy atom. The number of hydrogen-bond acceptors (Lipinski definition) is 5. The van der Waals surface area contributed by atoms with Gasteiger partial charge in [-0.3, -0.25) is 9.69 Å². The minimum absolute atomic E-state index is 0.0423. The Hall–Kier alpha value is -0.990. The van der Waals surface area contributed by atoms with E-state index in [0.29, 0.717) is 26.1 Å². The van der Waals surface area contributed by atoms with Crippen molar-refractivity contribution < 1.29 is 17.6 Å². The highest BCUT2D eigenvalue weighted by Gasteiger charge is 2.32. The van der Waals surface area contributed by atoms with Crippen LogP contribution in [0.4, 0.5) is 4.39 Å². The Balaban J connectivity index is 1.81. The summed E-state index contributed by atoms with van der Waals surface area (Å²) in [7, 11) is -3.14. The largest absolute Gasteiger partial charge is 0.355 e. The van der Waals surface area contributed by atoms with Gasteiger partial charge in [0, 0.05) is 43.2 Å². The van der Waals surface area contributed by atoms with Gasteiger partial charge in [-0.25, -0.2) is 12.8 Å². The first kappa shape index (κ1) is 17.4. The molecule has 1 aromatic rings. The molecule has 1 fully saturated rings. The number of alkyl halides is 1. The van der Waals surface area contributed by atoms with Crippen LogP contribution in [-0.4, -0.2) is 56.5 Å². The van der Waals surface area contributed by atoms with E-state index in [-0.39, 0.29) is 24.1 Å². The van der Waals surface area contributed by atoms with Crippen molar-refractivity contribution in [3.63, 3.8) is 0 Å². The quantitative estimate of drug-likeness (QED) is 0.804. The molecule has 0 radical (unpaired) electrons. The number of halogens is 1. The molecular weight excluding hydrogens is 327 g/mol. The van der Waals surface area contributed by atoms with Crippen molar-refractivity contribution in [2.45, 2.75) is 31.6 Å². The summed E-state index contributed by atoms with van der Waals surface area (Å²) in [6.07, 6.45) is 0.582. The van der Waals surface area contributed by atoms with Crippen LogP contribution in [0.1, 0.15) is 17.7 Å². The maximum atomic E-state index is 13.7. The molecule has 0 aliphatic carbocycles. The lowest BCUT2D eigenvalue weighted by Gasteiger charge is -2.23. The Kier molecular flexibility index (Phi) is 5.94. The van der Waals surface area contributed by atoms with Crippen molar-refractivity contribution in [2.75, 3.05) is 25.1 Å². The van der Waals surface area contributed by atoms with Gasteiger partial charge in [0.1, 0.15) is 16.0 Å². The molecule has 1 saturated heterocycles. The van der Waals surface area contributed by atoms with Crippen LogP contribution in [0.5, 0.6) is 0 Å². The Labute approximate surface area is 134 Å². The van der Waals surface area contributed by atoms with E-state index in [1.807, 2.05) is 22.4 Å². The molecule has 2 heterocycles. The van der Waals surface area contributed by atoms with Crippen LogP contribution in [0.25, 0.3) is 0 Å². The summed E-state index contributed by atoms with van der Waals surface area (Å²) in [5.41, 5.74) is 0. The van der Waals surface area contributed by atoms with Gasteiger partial charge in [-0.15, -0.1) is 11.3 Å². The molecule has 0 spiro atoms. The number of likely N-dealkylation sites (tertiary alicyclic amines) is 1. The van der Waals surface area contributed by atoms with Gasteiger partial charge in [0.2, 0.25) is 5.91 Å². The summed E-state index contributed by atoms with van der Waals surface area (Å²) in [5.74, 6) is -0.461. The third kappa shape index (κ3) is 5.66. The Morgan fingerprint density at radius 2 is 2.32 bits per heavy atom. The lowest BCUT2D eigenvalue weighted by Crippen LogP contribution is -2.40. The molecule has 22 heavy (non-hydrogen) atoms. The summed E-state index contributed by atoms with van der Waals surface area (Å²) in [6, 6.07) is 3.93. The molecule has 0 bridgehead atoms. The van der Waals surface area contributed by atoms with E-state index in [0.717, 1.165) is 6.26 Å². The second-order valence-electron chi connectivity index (χ2n) is 5.68. The average molecular weight is 348 g/mol. The summed E-state index contributed by atoms with van der Waals surface area (Å²) in [5, 5.41) is 4.71. The van der Waals surface area contributed by atoms with Gasteiger partial charge in [-0.05, 0) is 17.9 Å². The zero-order chi connectivity index (χ0) is 16.2. The van der Waals surface area contributed by atoms with Crippen molar-refractivity contribution in [2.24, 2.45) is 0 Å². The number of carbonyl (C=O) groups is 1. The van der Waals surface area contributed by atoms with Crippen molar-refractivity contribution in [1.29, 1.82) is 0 Å². The van der Waals surface area contributed by atoms with Crippen LogP contribution in [0, 0.1) is 0 Å². The number of nitrogens with one attached hydrogen (secondary N) is 1. The number of hydrogen-bond donors (Lipinski definition) is 1. The third-order valence-corrected chi connectivity index (χ3v) is 5.46. The fourth-order valence-electron chi connectivity index (χ4n) is 2.53. The molecule has 0 saturated carbocycles. The van der Waals surface area contributed by atoms with Crippen molar-refractivity contribution in [3.8, 4) is 0 Å². The predicted octanol–water partition coefficient (Wildman–Crippen LogP) is 1.21. The zero-order valence-corrected chi connectivity index (χ0v) is 14.1. The van der Waals surface area contributed by atoms with Gasteiger partial charge in [0.25, 0.3) is 0 Å². The monoisotopic (exact) mass is 348 g/mol. The number of carbonyl (C=O) groups excluding carboxylic acids is 1. The molecule has 2 rings (SSSR count). The fourth-order valence-corrected chi connectivity index (χ4v) is 3.81. The van der Waals surface area contributed by atoms with Gasteiger partial charge in [-0.2, -0.15) is 0 Å². The van der Waals surface area contributed by atoms with Crippen LogP contribution < -0.4 is 5.32 Å². The number of thiophene rings is 1. The second-order valence-corrected chi connectivity index (χ2v) is 8.97. The molecule has 1 aromatic heterocycles. The van der Waals surface area contributed by atoms with Gasteiger partial charge >= 0.3 is 0 Å². The molecule has 2 atom stereocenters. The van der Waals surface area contributed by atoms with E-state index in [1.54, 1.807) is 11.3 Å². The number of amides is 1. The van der Waals surface area contributed by atoms with Gasteiger partial charge in [-0.1, -0.05) is 6.07 Å². The third-order valence-electron chi connectivity index (χ3n) is 3.65. The van der Waals surface area contributed by atoms with Gasteiger partial charge < -0.3 is 5.32 Å². The molecule has 124 valence electrons. The van der Waals surface area contributed by atoms with E-state index in [4.69, 9.17) is 0 Å². The van der Waals surface area contributed by atoms with Crippen molar-refractivity contribution in [3.05, 3.63) is 22.4 Å². The normalized spacial score (nSPS) is 22.8. The maximum Gasteiger partial charge on any atom is 0.221 e. The molecule has 1 amide bonds. The first-order valence-electron chi connectivity index (χ1n) is 7.18. The van der Waals surface area contributed by atoms with E-state index in [2.05, 4.69) is 5.32 Å². The molecule has 1 aliphatic rings. The topological polar surface area (TPSA) is 66.5 Å². The average Bonchev–Trinajstić information content (AvgIpc) is 3.03. The highest BCUT2D eigenvalue weighted by atomic mass is 32.2. The molecule has 8 heteroatoms. The summed E-state index contributed by atoms with van der Waals surface area (Å²) in [4.78, 5) is 14.9. The second kappa shape index (κ2) is 7.52. The predicted molar refractivity (Wildman–Crippen MR) is 85.4 cm³/mol. The zero-order valence-electron chi connectivity index (χ0n) is 12.5. The smallest absolute Gasteiger partial charge is 0.221 e. The van der Waals surface area contributed by atoms with E-state index < -0.39 is 16.0 Å². The van der Waals surface area contributed by atoms with Crippen molar-refractivity contribution >= 4 is 27.1 Å². The maximum absolute atomic E-state index is 13.7. The van der Waals surface area contributed by atoms with E-state index in [9.17, 15) is 17.6 Å². The van der Waals surface area contributed by atoms with Crippen LogP contribution in [0.3, 0.4) is 0 Å². The lowest BCUT2D eigenvalue weighted by molar-refractivity contribution is -0.120. The summed E-state index contributed by atoms with van der Waals surface area (Å²) >= 11 is 1.63. The number of sulfone groups is 1. The standard InChI is InChI=1S/C14H21FN2O3S2/c1-22(19,20)6-4-14(18)16-8-12-7-11(15)9-17(12)10-13-3-2-5-21-13/h2-3,5,11-12H,4,6-10H2,1H3,(H,16,18)/t11-,12-/m0/s1. The fraction of sp³-hybridized carbons (Fsp3) is 0.643. The minimum atomic E-state index is -3.14. The van der Waals surface area contributed by atoms with Gasteiger partial charge in [0.15, 0.2) is 0 Å². The van der Waals surface area contributed by atoms with E-state index in [1.165, 1.54) is 4.88 Å². The molecule has 1 aliphatic heterocycles. The molecule has 0 unspecified atom stereocenters. The van der Waals surface area contributed by atoms with Crippen LogP contribution >= 0.6 is 11.3 Å². The van der Waals surface area contributed by atoms with Crippen LogP contribution in [0.2, 0.25) is 0 Å². The van der Waals surface area contributed by atoms with Crippen LogP contribution in [-0.2, 0) is 21.2 Å². The molecular formula is C14H21FN2O3S2. The first-order chi connectivity index (χ1) is 10.3. The molecule has 5 nitrogen and oxygen atoms in total. The summed E-state index contributed by atoms with van der Waals surface area (Å²) in [6.45, 7) is 1.41. The highest BCUT2D eigenvalue weighted by molar-refractivity contribution is 7.90. The highest BCUT2D eigenvalue weighted by Crippen LogP contribution is 2.23. The minimum Gasteiger partial charge on any atom is -0.355 e. The Bertz CT molecular complexity index is 589. The van der Waals surface area contributed by atoms with Crippen LogP contribution in [0.15, 0.2) is 17.5 Å². The molecule has 0 aromatic carbocycles.